The maximum Gasteiger partial charge on any atom is 0.264 e. The van der Waals surface area contributed by atoms with E-state index in [9.17, 15) is 4.79 Å². The van der Waals surface area contributed by atoms with E-state index in [1.54, 1.807) is 0 Å². The average molecular weight is 333 g/mol. The van der Waals surface area contributed by atoms with Gasteiger partial charge in [0.15, 0.2) is 6.61 Å². The van der Waals surface area contributed by atoms with Crippen LogP contribution in [-0.2, 0) is 16.0 Å². The number of hydrogen-bond acceptors (Lipinski definition) is 6. The van der Waals surface area contributed by atoms with Gasteiger partial charge in [-0.2, -0.15) is 0 Å². The van der Waals surface area contributed by atoms with Crippen LogP contribution in [0.1, 0.15) is 36.4 Å². The molecule has 0 unspecified atom stereocenters. The Labute approximate surface area is 138 Å². The minimum atomic E-state index is -0.244. The topological polar surface area (TPSA) is 73.3 Å². The summed E-state index contributed by atoms with van der Waals surface area (Å²) in [5.74, 6) is 0.494. The second kappa shape index (κ2) is 7.52. The predicted molar refractivity (Wildman–Crippen MR) is 87.8 cm³/mol. The van der Waals surface area contributed by atoms with E-state index in [0.29, 0.717) is 5.13 Å². The van der Waals surface area contributed by atoms with E-state index in [1.807, 2.05) is 24.3 Å². The predicted octanol–water partition coefficient (Wildman–Crippen LogP) is 2.97. The van der Waals surface area contributed by atoms with Crippen molar-refractivity contribution in [3.8, 4) is 5.75 Å². The number of aromatic nitrogens is 2. The van der Waals surface area contributed by atoms with Crippen LogP contribution in [0.2, 0.25) is 0 Å². The van der Waals surface area contributed by atoms with Crippen LogP contribution in [0.25, 0.3) is 0 Å². The monoisotopic (exact) mass is 333 g/mol. The molecule has 3 rings (SSSR count). The van der Waals surface area contributed by atoms with E-state index in [2.05, 4.69) is 22.4 Å². The lowest BCUT2D eigenvalue weighted by Crippen LogP contribution is -2.20. The van der Waals surface area contributed by atoms with E-state index < -0.39 is 0 Å². The van der Waals surface area contributed by atoms with Gasteiger partial charge in [0, 0.05) is 6.61 Å². The number of ether oxygens (including phenoxy) is 2. The number of hydrogen-bond donors (Lipinski definition) is 1. The van der Waals surface area contributed by atoms with E-state index >= 15 is 0 Å². The van der Waals surface area contributed by atoms with Crippen molar-refractivity contribution in [3.63, 3.8) is 0 Å². The summed E-state index contributed by atoms with van der Waals surface area (Å²) in [6, 6.07) is 7.71. The maximum absolute atomic E-state index is 12.0. The van der Waals surface area contributed by atoms with Gasteiger partial charge < -0.3 is 9.47 Å². The van der Waals surface area contributed by atoms with Crippen molar-refractivity contribution in [1.29, 1.82) is 0 Å². The number of rotatable bonds is 6. The molecule has 1 saturated heterocycles. The Bertz CT molecular complexity index is 668. The Hall–Kier alpha value is -1.99. The van der Waals surface area contributed by atoms with Crippen LogP contribution in [0.5, 0.6) is 5.75 Å². The van der Waals surface area contributed by atoms with Gasteiger partial charge in [0.1, 0.15) is 16.9 Å². The molecular formula is C16H19N3O3S. The molecule has 1 aliphatic heterocycles. The first kappa shape index (κ1) is 15.9. The second-order valence-corrected chi connectivity index (χ2v) is 6.25. The molecule has 1 aliphatic rings. The van der Waals surface area contributed by atoms with Crippen LogP contribution in [0.15, 0.2) is 24.3 Å². The van der Waals surface area contributed by atoms with Crippen LogP contribution in [0.3, 0.4) is 0 Å². The zero-order valence-corrected chi connectivity index (χ0v) is 13.8. The summed E-state index contributed by atoms with van der Waals surface area (Å²) in [4.78, 5) is 12.0. The highest BCUT2D eigenvalue weighted by molar-refractivity contribution is 7.15. The van der Waals surface area contributed by atoms with Gasteiger partial charge in [-0.15, -0.1) is 10.2 Å². The number of nitrogens with one attached hydrogen (secondary N) is 1. The lowest BCUT2D eigenvalue weighted by atomic mass is 10.1. The van der Waals surface area contributed by atoms with Crippen molar-refractivity contribution in [2.45, 2.75) is 32.3 Å². The molecule has 6 nitrogen and oxygen atoms in total. The van der Waals surface area contributed by atoms with Gasteiger partial charge in [0.05, 0.1) is 0 Å². The Morgan fingerprint density at radius 3 is 3.09 bits per heavy atom. The number of carbonyl (C=O) groups is 1. The van der Waals surface area contributed by atoms with Crippen molar-refractivity contribution >= 4 is 22.4 Å². The molecule has 0 saturated carbocycles. The summed E-state index contributed by atoms with van der Waals surface area (Å²) in [5, 5.41) is 12.1. The first-order valence-corrected chi connectivity index (χ1v) is 8.53. The first-order chi connectivity index (χ1) is 11.3. The zero-order valence-electron chi connectivity index (χ0n) is 12.9. The van der Waals surface area contributed by atoms with Gasteiger partial charge in [-0.25, -0.2) is 0 Å². The molecule has 0 spiro atoms. The highest BCUT2D eigenvalue weighted by atomic mass is 32.1. The molecule has 2 aromatic rings. The third-order valence-corrected chi connectivity index (χ3v) is 4.54. The standard InChI is InChI=1S/C16H19N3O3S/c1-2-11-6-3-4-7-12(11)22-10-14(20)17-16-19-18-15(23-16)13-8-5-9-21-13/h3-4,6-7,13H,2,5,8-10H2,1H3,(H,17,19,20)/t13-/m0/s1. The molecule has 1 fully saturated rings. The van der Waals surface area contributed by atoms with Gasteiger partial charge in [0.2, 0.25) is 5.13 Å². The van der Waals surface area contributed by atoms with E-state index in [0.717, 1.165) is 42.2 Å². The molecule has 1 N–H and O–H groups in total. The lowest BCUT2D eigenvalue weighted by Gasteiger charge is -2.09. The summed E-state index contributed by atoms with van der Waals surface area (Å²) in [6.07, 6.45) is 2.88. The third kappa shape index (κ3) is 4.05. The molecule has 1 aromatic heterocycles. The number of anilines is 1. The number of para-hydroxylation sites is 1. The third-order valence-electron chi connectivity index (χ3n) is 3.60. The SMILES string of the molecule is CCc1ccccc1OCC(=O)Nc1nnc([C@@H]2CCCO2)s1. The maximum atomic E-state index is 12.0. The zero-order chi connectivity index (χ0) is 16.1. The minimum Gasteiger partial charge on any atom is -0.483 e. The van der Waals surface area contributed by atoms with Crippen LogP contribution in [0, 0.1) is 0 Å². The highest BCUT2D eigenvalue weighted by Crippen LogP contribution is 2.31. The number of carbonyl (C=O) groups excluding carboxylic acids is 1. The van der Waals surface area contributed by atoms with Gasteiger partial charge in [-0.1, -0.05) is 36.5 Å². The molecular weight excluding hydrogens is 314 g/mol. The molecule has 1 amide bonds. The molecule has 0 bridgehead atoms. The van der Waals surface area contributed by atoms with Gasteiger partial charge in [0.25, 0.3) is 5.91 Å². The van der Waals surface area contributed by atoms with Crippen molar-refractivity contribution in [2.75, 3.05) is 18.5 Å². The average Bonchev–Trinajstić information content (AvgIpc) is 3.24. The molecule has 23 heavy (non-hydrogen) atoms. The van der Waals surface area contributed by atoms with E-state index in [4.69, 9.17) is 9.47 Å². The Balaban J connectivity index is 1.53. The molecule has 0 radical (unpaired) electrons. The Morgan fingerprint density at radius 1 is 1.43 bits per heavy atom. The van der Waals surface area contributed by atoms with Gasteiger partial charge in [-0.05, 0) is 30.9 Å². The number of benzene rings is 1. The van der Waals surface area contributed by atoms with Crippen molar-refractivity contribution in [3.05, 3.63) is 34.8 Å². The fourth-order valence-electron chi connectivity index (χ4n) is 2.42. The van der Waals surface area contributed by atoms with E-state index in [-0.39, 0.29) is 18.6 Å². The molecule has 0 aliphatic carbocycles. The molecule has 2 heterocycles. The summed E-state index contributed by atoms with van der Waals surface area (Å²) in [6.45, 7) is 2.76. The number of nitrogens with zero attached hydrogens (tertiary/aromatic N) is 2. The number of aryl methyl sites for hydroxylation is 1. The number of amides is 1. The summed E-state index contributed by atoms with van der Waals surface area (Å²) in [7, 11) is 0. The Kier molecular flexibility index (Phi) is 5.19. The van der Waals surface area contributed by atoms with Gasteiger partial charge in [-0.3, -0.25) is 10.1 Å². The van der Waals surface area contributed by atoms with E-state index in [1.165, 1.54) is 11.3 Å². The van der Waals surface area contributed by atoms with Crippen molar-refractivity contribution in [2.24, 2.45) is 0 Å². The largest absolute Gasteiger partial charge is 0.483 e. The van der Waals surface area contributed by atoms with Crippen LogP contribution in [0.4, 0.5) is 5.13 Å². The molecule has 1 atom stereocenters. The Morgan fingerprint density at radius 2 is 2.30 bits per heavy atom. The molecule has 1 aromatic carbocycles. The quantitative estimate of drug-likeness (QED) is 0.880. The van der Waals surface area contributed by atoms with Gasteiger partial charge >= 0.3 is 0 Å². The molecule has 7 heteroatoms. The second-order valence-electron chi connectivity index (χ2n) is 5.25. The van der Waals surface area contributed by atoms with Crippen LogP contribution in [-0.4, -0.2) is 29.3 Å². The normalized spacial score (nSPS) is 17.2. The fraction of sp³-hybridized carbons (Fsp3) is 0.438. The lowest BCUT2D eigenvalue weighted by molar-refractivity contribution is -0.118. The van der Waals surface area contributed by atoms with Crippen molar-refractivity contribution < 1.29 is 14.3 Å². The summed E-state index contributed by atoms with van der Waals surface area (Å²) < 4.78 is 11.1. The molecule has 122 valence electrons. The summed E-state index contributed by atoms with van der Waals surface area (Å²) >= 11 is 1.35. The van der Waals surface area contributed by atoms with Crippen LogP contribution >= 0.6 is 11.3 Å². The summed E-state index contributed by atoms with van der Waals surface area (Å²) in [5.41, 5.74) is 1.08. The van der Waals surface area contributed by atoms with Crippen LogP contribution < -0.4 is 10.1 Å². The first-order valence-electron chi connectivity index (χ1n) is 7.72. The minimum absolute atomic E-state index is 0.0193. The van der Waals surface area contributed by atoms with Crippen molar-refractivity contribution in [1.82, 2.24) is 10.2 Å². The highest BCUT2D eigenvalue weighted by Gasteiger charge is 2.22. The smallest absolute Gasteiger partial charge is 0.264 e. The fourth-order valence-corrected chi connectivity index (χ4v) is 3.27.